The van der Waals surface area contributed by atoms with Crippen LogP contribution >= 0.6 is 34.8 Å². The normalized spacial score (nSPS) is 13.6. The minimum Gasteiger partial charge on any atom is -0.255 e. The van der Waals surface area contributed by atoms with Gasteiger partial charge in [0.1, 0.15) is 0 Å². The van der Waals surface area contributed by atoms with Gasteiger partial charge in [-0.2, -0.15) is 0 Å². The molecule has 0 spiro atoms. The van der Waals surface area contributed by atoms with Crippen molar-refractivity contribution in [2.45, 2.75) is 43.7 Å². The SMILES string of the molecule is CC(C)N(C(C)C)C(Cl)(Cl)Cl. The van der Waals surface area contributed by atoms with Crippen LogP contribution in [0.2, 0.25) is 0 Å². The topological polar surface area (TPSA) is 3.24 Å². The zero-order chi connectivity index (χ0) is 9.23. The first-order valence-electron chi connectivity index (χ1n) is 3.62. The van der Waals surface area contributed by atoms with Crippen LogP contribution < -0.4 is 0 Å². The summed E-state index contributed by atoms with van der Waals surface area (Å²) in [5, 5.41) is 0. The van der Waals surface area contributed by atoms with Crippen molar-refractivity contribution in [3.05, 3.63) is 0 Å². The van der Waals surface area contributed by atoms with Gasteiger partial charge in [0.25, 0.3) is 0 Å². The fourth-order valence-corrected chi connectivity index (χ4v) is 2.35. The summed E-state index contributed by atoms with van der Waals surface area (Å²) >= 11 is 17.2. The van der Waals surface area contributed by atoms with E-state index in [-0.39, 0.29) is 12.1 Å². The lowest BCUT2D eigenvalue weighted by atomic mass is 10.2. The van der Waals surface area contributed by atoms with Crippen LogP contribution in [0, 0.1) is 0 Å². The Hall–Kier alpha value is 0.830. The molecule has 0 aliphatic heterocycles. The smallest absolute Gasteiger partial charge is 0.248 e. The monoisotopic (exact) mass is 217 g/mol. The minimum absolute atomic E-state index is 0.238. The van der Waals surface area contributed by atoms with Gasteiger partial charge in [-0.05, 0) is 27.7 Å². The largest absolute Gasteiger partial charge is 0.255 e. The van der Waals surface area contributed by atoms with Crippen molar-refractivity contribution >= 4 is 34.8 Å². The second-order valence-corrected chi connectivity index (χ2v) is 5.28. The summed E-state index contributed by atoms with van der Waals surface area (Å²) in [5.74, 6) is 0. The quantitative estimate of drug-likeness (QED) is 0.507. The van der Waals surface area contributed by atoms with Crippen molar-refractivity contribution in [3.8, 4) is 0 Å². The predicted molar refractivity (Wildman–Crippen MR) is 52.4 cm³/mol. The molecular formula is C7H14Cl3N. The zero-order valence-corrected chi connectivity index (χ0v) is 9.50. The van der Waals surface area contributed by atoms with Crippen LogP contribution in [0.3, 0.4) is 0 Å². The van der Waals surface area contributed by atoms with Crippen molar-refractivity contribution in [3.63, 3.8) is 0 Å². The van der Waals surface area contributed by atoms with Gasteiger partial charge in [0.05, 0.1) is 0 Å². The van der Waals surface area contributed by atoms with Crippen molar-refractivity contribution in [2.75, 3.05) is 0 Å². The zero-order valence-electron chi connectivity index (χ0n) is 7.24. The summed E-state index contributed by atoms with van der Waals surface area (Å²) in [7, 11) is 0. The molecule has 4 heteroatoms. The van der Waals surface area contributed by atoms with E-state index in [9.17, 15) is 0 Å². The molecule has 0 aromatic carbocycles. The molecule has 0 fully saturated rings. The Bertz CT molecular complexity index is 109. The van der Waals surface area contributed by atoms with Crippen LogP contribution in [-0.4, -0.2) is 20.9 Å². The Morgan fingerprint density at radius 2 is 1.18 bits per heavy atom. The molecule has 0 radical (unpaired) electrons. The third-order valence-corrected chi connectivity index (χ3v) is 1.99. The third kappa shape index (κ3) is 3.84. The summed E-state index contributed by atoms with van der Waals surface area (Å²) in [6, 6.07) is 0.477. The highest BCUT2D eigenvalue weighted by Crippen LogP contribution is 2.34. The van der Waals surface area contributed by atoms with Gasteiger partial charge in [0, 0.05) is 12.1 Å². The molecule has 0 bridgehead atoms. The molecule has 0 N–H and O–H groups in total. The molecule has 0 rings (SSSR count). The Morgan fingerprint density at radius 3 is 1.18 bits per heavy atom. The van der Waals surface area contributed by atoms with Gasteiger partial charge in [0.2, 0.25) is 3.92 Å². The average molecular weight is 219 g/mol. The van der Waals surface area contributed by atoms with Crippen LogP contribution in [0.4, 0.5) is 0 Å². The first-order chi connectivity index (χ1) is 4.76. The molecule has 0 aliphatic carbocycles. The molecule has 0 unspecified atom stereocenters. The summed E-state index contributed by atoms with van der Waals surface area (Å²) in [4.78, 5) is 1.82. The molecular weight excluding hydrogens is 204 g/mol. The van der Waals surface area contributed by atoms with Crippen molar-refractivity contribution in [2.24, 2.45) is 0 Å². The van der Waals surface area contributed by atoms with Gasteiger partial charge in [-0.15, -0.1) is 0 Å². The fraction of sp³-hybridized carbons (Fsp3) is 1.00. The lowest BCUT2D eigenvalue weighted by Crippen LogP contribution is -2.45. The maximum absolute atomic E-state index is 5.75. The number of hydrogen-bond acceptors (Lipinski definition) is 1. The maximum Gasteiger partial charge on any atom is 0.248 e. The predicted octanol–water partition coefficient (Wildman–Crippen LogP) is 3.43. The summed E-state index contributed by atoms with van der Waals surface area (Å²) < 4.78 is -1.29. The van der Waals surface area contributed by atoms with Crippen LogP contribution in [0.5, 0.6) is 0 Å². The highest BCUT2D eigenvalue weighted by atomic mass is 35.6. The van der Waals surface area contributed by atoms with E-state index in [1.54, 1.807) is 0 Å². The van der Waals surface area contributed by atoms with Gasteiger partial charge in [0.15, 0.2) is 0 Å². The van der Waals surface area contributed by atoms with Gasteiger partial charge in [-0.25, -0.2) is 0 Å². The first-order valence-corrected chi connectivity index (χ1v) is 4.75. The number of halogens is 3. The van der Waals surface area contributed by atoms with E-state index >= 15 is 0 Å². The highest BCUT2D eigenvalue weighted by molar-refractivity contribution is 6.67. The van der Waals surface area contributed by atoms with E-state index in [1.807, 2.05) is 32.6 Å². The number of rotatable bonds is 2. The van der Waals surface area contributed by atoms with Crippen LogP contribution in [-0.2, 0) is 0 Å². The molecule has 11 heavy (non-hydrogen) atoms. The maximum atomic E-state index is 5.75. The Kier molecular flexibility index (Phi) is 4.49. The molecule has 0 saturated heterocycles. The van der Waals surface area contributed by atoms with Crippen LogP contribution in [0.1, 0.15) is 27.7 Å². The lowest BCUT2D eigenvalue weighted by Gasteiger charge is -2.36. The molecule has 0 heterocycles. The van der Waals surface area contributed by atoms with E-state index in [1.165, 1.54) is 0 Å². The first kappa shape index (κ1) is 11.8. The van der Waals surface area contributed by atoms with Crippen molar-refractivity contribution in [1.82, 2.24) is 4.90 Å². The molecule has 0 aromatic heterocycles. The van der Waals surface area contributed by atoms with E-state index < -0.39 is 3.92 Å². The van der Waals surface area contributed by atoms with Crippen LogP contribution in [0.25, 0.3) is 0 Å². The number of hydrogen-bond donors (Lipinski definition) is 0. The fourth-order valence-electron chi connectivity index (χ4n) is 1.18. The Labute approximate surface area is 83.6 Å². The van der Waals surface area contributed by atoms with Gasteiger partial charge in [-0.1, -0.05) is 34.8 Å². The molecule has 0 amide bonds. The Balaban J connectivity index is 4.35. The van der Waals surface area contributed by atoms with E-state index in [0.717, 1.165) is 0 Å². The summed E-state index contributed by atoms with van der Waals surface area (Å²) in [5.41, 5.74) is 0. The Morgan fingerprint density at radius 1 is 0.909 bits per heavy atom. The molecule has 0 aromatic rings. The van der Waals surface area contributed by atoms with E-state index in [4.69, 9.17) is 34.8 Å². The molecule has 0 aliphatic rings. The summed E-state index contributed by atoms with van der Waals surface area (Å²) in [6.45, 7) is 8.01. The van der Waals surface area contributed by atoms with E-state index in [2.05, 4.69) is 0 Å². The summed E-state index contributed by atoms with van der Waals surface area (Å²) in [6.07, 6.45) is 0. The molecule has 0 saturated carbocycles. The van der Waals surface area contributed by atoms with Crippen molar-refractivity contribution < 1.29 is 0 Å². The lowest BCUT2D eigenvalue weighted by molar-refractivity contribution is 0.173. The van der Waals surface area contributed by atoms with E-state index in [0.29, 0.717) is 0 Å². The van der Waals surface area contributed by atoms with Crippen molar-refractivity contribution in [1.29, 1.82) is 0 Å². The number of nitrogens with zero attached hydrogens (tertiary/aromatic N) is 1. The molecule has 0 atom stereocenters. The third-order valence-electron chi connectivity index (χ3n) is 1.41. The number of alkyl halides is 3. The molecule has 1 nitrogen and oxygen atoms in total. The van der Waals surface area contributed by atoms with Gasteiger partial charge in [-0.3, -0.25) is 4.90 Å². The second-order valence-electron chi connectivity index (χ2n) is 3.06. The van der Waals surface area contributed by atoms with Gasteiger partial charge < -0.3 is 0 Å². The molecule has 68 valence electrons. The standard InChI is InChI=1S/C7H14Cl3N/c1-5(2)11(6(3)4)7(8,9)10/h5-6H,1-4H3. The second kappa shape index (κ2) is 4.18. The average Bonchev–Trinajstić information content (AvgIpc) is 1.54. The highest BCUT2D eigenvalue weighted by Gasteiger charge is 2.33. The minimum atomic E-state index is -1.29. The van der Waals surface area contributed by atoms with Gasteiger partial charge >= 0.3 is 0 Å². The van der Waals surface area contributed by atoms with Crippen LogP contribution in [0.15, 0.2) is 0 Å².